The molecule has 4 N–H and O–H groups in total. The van der Waals surface area contributed by atoms with Gasteiger partial charge in [0.25, 0.3) is 0 Å². The fraction of sp³-hybridized carbons (Fsp3) is 0.500. The zero-order valence-corrected chi connectivity index (χ0v) is 4.91. The van der Waals surface area contributed by atoms with Crippen LogP contribution in [0.3, 0.4) is 0 Å². The predicted octanol–water partition coefficient (Wildman–Crippen LogP) is -1.28. The summed E-state index contributed by atoms with van der Waals surface area (Å²) in [7, 11) is 0. The lowest BCUT2D eigenvalue weighted by molar-refractivity contribution is 0.0852. The van der Waals surface area contributed by atoms with E-state index in [-0.39, 0.29) is 0 Å². The molecule has 0 saturated heterocycles. The van der Waals surface area contributed by atoms with E-state index in [0.717, 1.165) is 0 Å². The van der Waals surface area contributed by atoms with Gasteiger partial charge in [-0.3, -0.25) is 0 Å². The highest BCUT2D eigenvalue weighted by molar-refractivity contribution is 5.98. The van der Waals surface area contributed by atoms with E-state index < -0.39 is 24.3 Å². The van der Waals surface area contributed by atoms with Gasteiger partial charge in [-0.25, -0.2) is 9.18 Å². The largest absolute Gasteiger partial charge is 0.384 e. The molecule has 1 aliphatic rings. The van der Waals surface area contributed by atoms with E-state index >= 15 is 0 Å². The smallest absolute Gasteiger partial charge is 0.344 e. The van der Waals surface area contributed by atoms with Gasteiger partial charge in [-0.15, -0.1) is 0 Å². The zero-order valence-electron chi connectivity index (χ0n) is 4.91. The first-order chi connectivity index (χ1) is 4.61. The Kier molecular flexibility index (Phi) is 1.54. The average Bonchev–Trinajstić information content (AvgIpc) is 1.82. The van der Waals surface area contributed by atoms with Gasteiger partial charge in [0.1, 0.15) is 5.84 Å². The van der Waals surface area contributed by atoms with Crippen molar-refractivity contribution in [1.82, 2.24) is 5.32 Å². The Bertz CT molecular complexity index is 193. The maximum atomic E-state index is 12.4. The minimum absolute atomic E-state index is 0.490. The van der Waals surface area contributed by atoms with Gasteiger partial charge in [0.2, 0.25) is 6.17 Å². The summed E-state index contributed by atoms with van der Waals surface area (Å²) in [5.74, 6) is -0.490. The molecule has 0 fully saturated rings. The van der Waals surface area contributed by atoms with Gasteiger partial charge in [0.15, 0.2) is 6.23 Å². The number of hydrogen-bond donors (Lipinski definition) is 3. The molecule has 0 aromatic carbocycles. The monoisotopic (exact) mass is 147 g/mol. The fourth-order valence-corrected chi connectivity index (χ4v) is 0.573. The van der Waals surface area contributed by atoms with Gasteiger partial charge < -0.3 is 16.2 Å². The Hall–Kier alpha value is -1.17. The van der Waals surface area contributed by atoms with Crippen molar-refractivity contribution in [2.45, 2.75) is 12.4 Å². The summed E-state index contributed by atoms with van der Waals surface area (Å²) >= 11 is 0. The molecule has 0 aliphatic carbocycles. The molecule has 6 heteroatoms. The average molecular weight is 147 g/mol. The first-order valence-corrected chi connectivity index (χ1v) is 2.58. The number of alkyl halides is 1. The van der Waals surface area contributed by atoms with Crippen molar-refractivity contribution in [1.29, 1.82) is 0 Å². The second kappa shape index (κ2) is 2.22. The lowest BCUT2D eigenvalue weighted by Crippen LogP contribution is -2.51. The van der Waals surface area contributed by atoms with Crippen LogP contribution < -0.4 is 11.1 Å². The Balaban J connectivity index is 2.80. The third-order valence-electron chi connectivity index (χ3n) is 1.06. The number of aliphatic hydroxyl groups is 1. The third-order valence-corrected chi connectivity index (χ3v) is 1.06. The normalized spacial score (nSPS) is 33.0. The maximum Gasteiger partial charge on any atom is 0.344 e. The molecule has 0 bridgehead atoms. The molecule has 0 radical (unpaired) electrons. The van der Waals surface area contributed by atoms with Crippen molar-refractivity contribution in [2.75, 3.05) is 0 Å². The topological polar surface area (TPSA) is 87.7 Å². The number of aliphatic imine (C=N–C) groups is 1. The Morgan fingerprint density at radius 3 is 2.90 bits per heavy atom. The molecular formula is C4H6FN3O2. The summed E-state index contributed by atoms with van der Waals surface area (Å²) in [4.78, 5) is 13.3. The van der Waals surface area contributed by atoms with Gasteiger partial charge in [-0.2, -0.15) is 4.99 Å². The van der Waals surface area contributed by atoms with Crippen LogP contribution in [0.5, 0.6) is 0 Å². The van der Waals surface area contributed by atoms with E-state index in [9.17, 15) is 9.18 Å². The third kappa shape index (κ3) is 1.06. The minimum atomic E-state index is -1.79. The fourth-order valence-electron chi connectivity index (χ4n) is 0.573. The number of urea groups is 1. The number of rotatable bonds is 0. The van der Waals surface area contributed by atoms with Crippen molar-refractivity contribution in [3.8, 4) is 0 Å². The summed E-state index contributed by atoms with van der Waals surface area (Å²) in [5.41, 5.74) is 4.91. The quantitative estimate of drug-likeness (QED) is 0.399. The number of nitrogens with zero attached hydrogens (tertiary/aromatic N) is 1. The van der Waals surface area contributed by atoms with Crippen LogP contribution in [0.1, 0.15) is 0 Å². The molecule has 1 rings (SSSR count). The SMILES string of the molecule is NC1=NC(=O)N[C@H](O)[C@@H]1F. The molecule has 5 nitrogen and oxygen atoms in total. The molecule has 0 spiro atoms. The Labute approximate surface area is 55.7 Å². The molecule has 1 heterocycles. The van der Waals surface area contributed by atoms with Crippen LogP contribution >= 0.6 is 0 Å². The number of amidine groups is 1. The number of hydrogen-bond acceptors (Lipinski definition) is 3. The summed E-state index contributed by atoms with van der Waals surface area (Å²) in [5, 5.41) is 10.5. The maximum absolute atomic E-state index is 12.4. The van der Waals surface area contributed by atoms with Gasteiger partial charge in [-0.1, -0.05) is 0 Å². The van der Waals surface area contributed by atoms with E-state index in [2.05, 4.69) is 4.99 Å². The summed E-state index contributed by atoms with van der Waals surface area (Å²) in [6.45, 7) is 0. The number of carbonyl (C=O) groups is 1. The van der Waals surface area contributed by atoms with Gasteiger partial charge in [0.05, 0.1) is 0 Å². The number of amides is 2. The van der Waals surface area contributed by atoms with Crippen molar-refractivity contribution < 1.29 is 14.3 Å². The highest BCUT2D eigenvalue weighted by atomic mass is 19.1. The van der Waals surface area contributed by atoms with Gasteiger partial charge in [-0.05, 0) is 0 Å². The molecule has 1 aliphatic heterocycles. The minimum Gasteiger partial charge on any atom is -0.384 e. The lowest BCUT2D eigenvalue weighted by Gasteiger charge is -2.19. The van der Waals surface area contributed by atoms with Crippen LogP contribution in [0.2, 0.25) is 0 Å². The molecule has 0 aromatic heterocycles. The van der Waals surface area contributed by atoms with E-state index in [1.54, 1.807) is 0 Å². The number of halogens is 1. The molecule has 0 unspecified atom stereocenters. The van der Waals surface area contributed by atoms with E-state index in [4.69, 9.17) is 10.8 Å². The molecule has 0 aromatic rings. The highest BCUT2D eigenvalue weighted by Crippen LogP contribution is 2.01. The predicted molar refractivity (Wildman–Crippen MR) is 31.1 cm³/mol. The van der Waals surface area contributed by atoms with Gasteiger partial charge >= 0.3 is 6.03 Å². The van der Waals surface area contributed by atoms with Gasteiger partial charge in [0, 0.05) is 0 Å². The lowest BCUT2D eigenvalue weighted by atomic mass is 10.3. The number of nitrogens with one attached hydrogen (secondary N) is 1. The Morgan fingerprint density at radius 1 is 1.80 bits per heavy atom. The number of aliphatic hydroxyl groups excluding tert-OH is 1. The second-order valence-electron chi connectivity index (χ2n) is 1.83. The first kappa shape index (κ1) is 6.94. The number of nitrogens with two attached hydrogens (primary N) is 1. The molecule has 56 valence electrons. The molecule has 0 saturated carbocycles. The summed E-state index contributed by atoms with van der Waals surface area (Å²) < 4.78 is 12.4. The van der Waals surface area contributed by atoms with E-state index in [0.29, 0.717) is 0 Å². The van der Waals surface area contributed by atoms with E-state index in [1.165, 1.54) is 0 Å². The molecule has 2 atom stereocenters. The van der Waals surface area contributed by atoms with Crippen molar-refractivity contribution >= 4 is 11.9 Å². The van der Waals surface area contributed by atoms with Crippen LogP contribution in [0.4, 0.5) is 9.18 Å². The van der Waals surface area contributed by atoms with Crippen LogP contribution in [0.15, 0.2) is 4.99 Å². The van der Waals surface area contributed by atoms with Crippen LogP contribution in [0.25, 0.3) is 0 Å². The standard InChI is InChI=1S/C4H6FN3O2/c5-1-2(6)7-4(10)8-3(1)9/h1,3,9H,(H3,6,7,8,10)/t1-,3-/m1/s1. The van der Waals surface area contributed by atoms with E-state index in [1.807, 2.05) is 5.32 Å². The summed E-state index contributed by atoms with van der Waals surface area (Å²) in [6.07, 6.45) is -3.36. The van der Waals surface area contributed by atoms with Crippen molar-refractivity contribution in [3.05, 3.63) is 0 Å². The Morgan fingerprint density at radius 2 is 2.40 bits per heavy atom. The molecule has 2 amide bonds. The summed E-state index contributed by atoms with van der Waals surface area (Å²) in [6, 6.07) is -0.820. The van der Waals surface area contributed by atoms with Crippen LogP contribution in [-0.2, 0) is 0 Å². The second-order valence-corrected chi connectivity index (χ2v) is 1.83. The van der Waals surface area contributed by atoms with Crippen LogP contribution in [0, 0.1) is 0 Å². The molecule has 10 heavy (non-hydrogen) atoms. The molecular weight excluding hydrogens is 141 g/mol. The zero-order chi connectivity index (χ0) is 7.72. The van der Waals surface area contributed by atoms with Crippen molar-refractivity contribution in [2.24, 2.45) is 10.7 Å². The highest BCUT2D eigenvalue weighted by Gasteiger charge is 2.28. The first-order valence-electron chi connectivity index (χ1n) is 2.58. The van der Waals surface area contributed by atoms with Crippen molar-refractivity contribution in [3.63, 3.8) is 0 Å². The van der Waals surface area contributed by atoms with Crippen LogP contribution in [-0.4, -0.2) is 29.4 Å². The number of carbonyl (C=O) groups excluding carboxylic acids is 1.